The Morgan fingerprint density at radius 3 is 1.43 bits per heavy atom. The first-order valence-electron chi connectivity index (χ1n) is 26.8. The Balaban J connectivity index is 0.000000226. The number of carboxylic acid groups (broad SMARTS) is 1. The van der Waals surface area contributed by atoms with Crippen LogP contribution in [0.3, 0.4) is 0 Å². The molecule has 5 aromatic carbocycles. The lowest BCUT2D eigenvalue weighted by Crippen LogP contribution is -2.24. The predicted molar refractivity (Wildman–Crippen MR) is 311 cm³/mol. The molecule has 0 spiro atoms. The molecule has 446 valence electrons. The van der Waals surface area contributed by atoms with E-state index in [2.05, 4.69) is 4.74 Å². The standard InChI is InChI=1S/C15H22O4.C12H13BO4.C12H14O5.C12H12O4.C10H9BO4/c1-5-17-12(4)10-19-13-9-7-8-11(3)14(13)15(16)18-6-2;1-3-16-12(14)10-8(2)4-5-9-6-7-13(15)17-11(9)10;1-3-16-12(14)11-9(2)5-4-6-10(11)17-8-15-7-13;1-3-15-12(14)10-7(2)4-5-8-9(13)6-16-11(8)10;1-6-2-3-7-4-5-11(14)15-9(7)8(6)10(12)13/h7-9,12H,5-6,10H2,1-4H3;4-7,15H,3H2,1-2H3;4-7H,3,8H2,1-2H3;4-5H,3,6H2,1-2H3;2-5,14H,1H3,(H,12,13). The van der Waals surface area contributed by atoms with Crippen LogP contribution < -0.4 is 23.5 Å². The molecule has 0 fully saturated rings. The number of benzene rings is 5. The van der Waals surface area contributed by atoms with E-state index in [4.69, 9.17) is 52.3 Å². The molecule has 3 N–H and O–H groups in total. The molecule has 0 radical (unpaired) electrons. The zero-order chi connectivity index (χ0) is 62.0. The number of hydrogen-bond donors (Lipinski definition) is 3. The fourth-order valence-corrected chi connectivity index (χ4v) is 8.17. The Morgan fingerprint density at radius 2 is 0.976 bits per heavy atom. The number of Topliss-reactive ketones (excluding diaryl/α,β-unsaturated/α-hetero) is 1. The van der Waals surface area contributed by atoms with Crippen LogP contribution in [0.2, 0.25) is 0 Å². The van der Waals surface area contributed by atoms with Gasteiger partial charge in [0.2, 0.25) is 12.6 Å². The monoisotopic (exact) mass is 1160 g/mol. The maximum absolute atomic E-state index is 11.9. The van der Waals surface area contributed by atoms with Crippen LogP contribution in [-0.4, -0.2) is 131 Å². The minimum Gasteiger partial charge on any atom is -0.532 e. The van der Waals surface area contributed by atoms with Gasteiger partial charge in [0.05, 0.1) is 38.1 Å². The number of hydrogen-bond acceptors (Lipinski definition) is 20. The molecular formula is C61H70B2O21. The number of aryl methyl sites for hydroxylation is 5. The Labute approximate surface area is 488 Å². The molecule has 0 bridgehead atoms. The van der Waals surface area contributed by atoms with Gasteiger partial charge in [0.1, 0.15) is 63.2 Å². The zero-order valence-electron chi connectivity index (χ0n) is 48.9. The summed E-state index contributed by atoms with van der Waals surface area (Å²) in [6.07, 6.45) is 3.36. The fraction of sp³-hybridized carbons (Fsp3) is 0.328. The largest absolute Gasteiger partial charge is 0.552 e. The van der Waals surface area contributed by atoms with E-state index in [9.17, 15) is 43.6 Å². The highest BCUT2D eigenvalue weighted by molar-refractivity contribution is 6.52. The van der Waals surface area contributed by atoms with Crippen molar-refractivity contribution in [1.82, 2.24) is 0 Å². The van der Waals surface area contributed by atoms with Crippen molar-refractivity contribution in [3.63, 3.8) is 0 Å². The minimum atomic E-state index is -1.07. The van der Waals surface area contributed by atoms with Crippen LogP contribution in [0.1, 0.15) is 143 Å². The molecule has 3 aliphatic heterocycles. The number of aromatic carboxylic acids is 1. The van der Waals surface area contributed by atoms with Gasteiger partial charge in [0.25, 0.3) is 6.47 Å². The number of ether oxygens (including phenoxy) is 9. The SMILES string of the molecule is CCOC(=O)c1c(C)ccc2c1OB(O)C=C2.CCOC(=O)c1c(C)ccc2c1OCC2=O.CCOC(=O)c1c(C)cccc1OCC(C)OCC.CCOC(=O)c1c(C)cccc1OCOC=O.Cc1ccc2c(c1C(=O)O)OB(O)C=C2. The Bertz CT molecular complexity index is 3190. The van der Waals surface area contributed by atoms with Crippen LogP contribution >= 0.6 is 0 Å². The summed E-state index contributed by atoms with van der Waals surface area (Å²) in [7, 11) is -2.09. The lowest BCUT2D eigenvalue weighted by molar-refractivity contribution is -0.134. The number of ketones is 1. The van der Waals surface area contributed by atoms with Gasteiger partial charge in [0, 0.05) is 17.7 Å². The first-order valence-corrected chi connectivity index (χ1v) is 26.8. The summed E-state index contributed by atoms with van der Waals surface area (Å²) < 4.78 is 56.2. The van der Waals surface area contributed by atoms with Crippen LogP contribution in [-0.2, 0) is 33.2 Å². The van der Waals surface area contributed by atoms with Crippen LogP contribution in [0.5, 0.6) is 28.7 Å². The predicted octanol–water partition coefficient (Wildman–Crippen LogP) is 9.12. The molecule has 1 atom stereocenters. The van der Waals surface area contributed by atoms with Gasteiger partial charge in [-0.1, -0.05) is 66.7 Å². The highest BCUT2D eigenvalue weighted by atomic mass is 16.7. The summed E-state index contributed by atoms with van der Waals surface area (Å²) in [5, 5.41) is 27.7. The number of carboxylic acids is 1. The van der Waals surface area contributed by atoms with E-state index in [1.54, 1.807) is 116 Å². The van der Waals surface area contributed by atoms with Crippen molar-refractivity contribution in [3.05, 3.63) is 157 Å². The van der Waals surface area contributed by atoms with Crippen LogP contribution in [0.15, 0.2) is 84.7 Å². The Morgan fingerprint density at radius 1 is 0.560 bits per heavy atom. The second kappa shape index (κ2) is 33.9. The summed E-state index contributed by atoms with van der Waals surface area (Å²) in [5.41, 5.74) is 7.33. The third kappa shape index (κ3) is 18.8. The molecule has 0 saturated heterocycles. The van der Waals surface area contributed by atoms with Crippen LogP contribution in [0, 0.1) is 34.6 Å². The molecule has 21 nitrogen and oxygen atoms in total. The summed E-state index contributed by atoms with van der Waals surface area (Å²) in [6.45, 7) is 22.1. The number of fused-ring (bicyclic) bond motifs is 3. The molecule has 84 heavy (non-hydrogen) atoms. The summed E-state index contributed by atoms with van der Waals surface area (Å²) in [5.74, 6) is 2.04. The van der Waals surface area contributed by atoms with E-state index in [0.29, 0.717) is 95.0 Å². The smallest absolute Gasteiger partial charge is 0.532 e. The van der Waals surface area contributed by atoms with Crippen LogP contribution in [0.25, 0.3) is 12.2 Å². The van der Waals surface area contributed by atoms with Crippen molar-refractivity contribution in [2.75, 3.05) is 53.0 Å². The maximum atomic E-state index is 11.9. The van der Waals surface area contributed by atoms with Crippen molar-refractivity contribution in [2.45, 2.75) is 82.3 Å². The van der Waals surface area contributed by atoms with Gasteiger partial charge in [-0.15, -0.1) is 0 Å². The normalized spacial score (nSPS) is 12.2. The maximum Gasteiger partial charge on any atom is 0.552 e. The Hall–Kier alpha value is -8.92. The first kappa shape index (κ1) is 67.6. The van der Waals surface area contributed by atoms with Gasteiger partial charge in [0.15, 0.2) is 6.61 Å². The van der Waals surface area contributed by atoms with E-state index in [1.807, 2.05) is 45.0 Å². The fourth-order valence-electron chi connectivity index (χ4n) is 8.17. The molecule has 1 unspecified atom stereocenters. The van der Waals surface area contributed by atoms with Crippen molar-refractivity contribution in [1.29, 1.82) is 0 Å². The zero-order valence-corrected chi connectivity index (χ0v) is 48.9. The van der Waals surface area contributed by atoms with Crippen LogP contribution in [0.4, 0.5) is 0 Å². The third-order valence-electron chi connectivity index (χ3n) is 12.0. The van der Waals surface area contributed by atoms with Crippen molar-refractivity contribution in [3.8, 4) is 28.7 Å². The molecule has 23 heteroatoms. The molecule has 0 aliphatic carbocycles. The molecular weight excluding hydrogens is 1090 g/mol. The molecule has 0 saturated carbocycles. The minimum absolute atomic E-state index is 0.00515. The second-order valence-corrected chi connectivity index (χ2v) is 18.1. The van der Waals surface area contributed by atoms with Gasteiger partial charge >= 0.3 is 44.1 Å². The number of carbonyl (C=O) groups excluding carboxylic acids is 6. The molecule has 8 rings (SSSR count). The average molecular weight is 1160 g/mol. The number of carbonyl (C=O) groups is 7. The van der Waals surface area contributed by atoms with Crippen molar-refractivity contribution < 1.29 is 101 Å². The van der Waals surface area contributed by atoms with Gasteiger partial charge in [-0.3, -0.25) is 9.59 Å². The van der Waals surface area contributed by atoms with Crippen molar-refractivity contribution in [2.24, 2.45) is 0 Å². The van der Waals surface area contributed by atoms with E-state index in [0.717, 1.165) is 27.8 Å². The Kier molecular flexibility index (Phi) is 27.3. The number of esters is 4. The highest BCUT2D eigenvalue weighted by Crippen LogP contribution is 2.35. The summed E-state index contributed by atoms with van der Waals surface area (Å²) in [6, 6.07) is 21.2. The lowest BCUT2D eigenvalue weighted by Gasteiger charge is -2.19. The molecule has 3 heterocycles. The summed E-state index contributed by atoms with van der Waals surface area (Å²) >= 11 is 0. The molecule has 5 aromatic rings. The van der Waals surface area contributed by atoms with E-state index >= 15 is 0 Å². The highest BCUT2D eigenvalue weighted by Gasteiger charge is 2.30. The topological polar surface area (TPSA) is 282 Å². The van der Waals surface area contributed by atoms with E-state index in [1.165, 1.54) is 12.0 Å². The first-order chi connectivity index (χ1) is 40.2. The van der Waals surface area contributed by atoms with E-state index in [-0.39, 0.29) is 55.6 Å². The van der Waals surface area contributed by atoms with Gasteiger partial charge in [-0.25, -0.2) is 24.0 Å². The third-order valence-corrected chi connectivity index (χ3v) is 12.0. The van der Waals surface area contributed by atoms with Crippen molar-refractivity contribution >= 4 is 68.5 Å². The summed E-state index contributed by atoms with van der Waals surface area (Å²) in [4.78, 5) is 79.6. The molecule has 0 aromatic heterocycles. The quantitative estimate of drug-likeness (QED) is 0.0184. The van der Waals surface area contributed by atoms with Gasteiger partial charge in [-0.05, 0) is 134 Å². The lowest BCUT2D eigenvalue weighted by atomic mass is 9.85. The average Bonchev–Trinajstić information content (AvgIpc) is 3.98. The second-order valence-electron chi connectivity index (χ2n) is 18.1. The number of rotatable bonds is 18. The molecule has 3 aliphatic rings. The van der Waals surface area contributed by atoms with E-state index < -0.39 is 38.1 Å². The van der Waals surface area contributed by atoms with Gasteiger partial charge in [-0.2, -0.15) is 0 Å². The van der Waals surface area contributed by atoms with Gasteiger partial charge < -0.3 is 67.1 Å². The molecule has 0 amide bonds.